The quantitative estimate of drug-likeness (QED) is 0.583. The number of fused-ring (bicyclic) bond motifs is 2. The SMILES string of the molecule is Nc1nc(Oc2ccc3cccnc3c2)c2[nH]cnc2n1. The van der Waals surface area contributed by atoms with Gasteiger partial charge in [-0.15, -0.1) is 0 Å². The zero-order valence-electron chi connectivity index (χ0n) is 10.8. The number of ether oxygens (including phenoxy) is 1. The number of imidazole rings is 1. The van der Waals surface area contributed by atoms with Gasteiger partial charge >= 0.3 is 0 Å². The largest absolute Gasteiger partial charge is 0.437 e. The number of hydrogen-bond acceptors (Lipinski definition) is 6. The molecule has 0 atom stereocenters. The predicted molar refractivity (Wildman–Crippen MR) is 77.9 cm³/mol. The molecule has 0 aliphatic carbocycles. The van der Waals surface area contributed by atoms with Gasteiger partial charge in [0.2, 0.25) is 5.95 Å². The van der Waals surface area contributed by atoms with Gasteiger partial charge in [-0.25, -0.2) is 4.98 Å². The lowest BCUT2D eigenvalue weighted by atomic mass is 10.2. The zero-order valence-corrected chi connectivity index (χ0v) is 10.8. The van der Waals surface area contributed by atoms with Crippen molar-refractivity contribution in [1.29, 1.82) is 0 Å². The van der Waals surface area contributed by atoms with E-state index in [1.807, 2.05) is 30.3 Å². The van der Waals surface area contributed by atoms with Crippen molar-refractivity contribution in [3.8, 4) is 11.6 Å². The van der Waals surface area contributed by atoms with E-state index in [1.165, 1.54) is 6.33 Å². The van der Waals surface area contributed by atoms with Gasteiger partial charge in [-0.05, 0) is 18.2 Å². The number of H-pyrrole nitrogens is 1. The van der Waals surface area contributed by atoms with Gasteiger partial charge in [0.25, 0.3) is 5.88 Å². The Labute approximate surface area is 118 Å². The minimum absolute atomic E-state index is 0.114. The summed E-state index contributed by atoms with van der Waals surface area (Å²) in [6, 6.07) is 9.51. The number of hydrogen-bond donors (Lipinski definition) is 2. The highest BCUT2D eigenvalue weighted by Gasteiger charge is 2.11. The van der Waals surface area contributed by atoms with E-state index >= 15 is 0 Å². The zero-order chi connectivity index (χ0) is 14.2. The van der Waals surface area contributed by atoms with Crippen LogP contribution >= 0.6 is 0 Å². The van der Waals surface area contributed by atoms with E-state index in [-0.39, 0.29) is 5.95 Å². The average Bonchev–Trinajstić information content (AvgIpc) is 2.95. The summed E-state index contributed by atoms with van der Waals surface area (Å²) in [6.45, 7) is 0. The lowest BCUT2D eigenvalue weighted by Gasteiger charge is -2.06. The van der Waals surface area contributed by atoms with Gasteiger partial charge in [0.1, 0.15) is 11.3 Å². The van der Waals surface area contributed by atoms with Gasteiger partial charge in [0.05, 0.1) is 11.8 Å². The molecule has 3 aromatic heterocycles. The first-order valence-corrected chi connectivity index (χ1v) is 6.29. The molecule has 0 bridgehead atoms. The number of nitrogens with one attached hydrogen (secondary N) is 1. The standard InChI is InChI=1S/C14H10N6O/c15-14-19-12-11(17-7-18-12)13(20-14)21-9-4-3-8-2-1-5-16-10(8)6-9/h1-7H,(H3,15,17,18,19,20). The summed E-state index contributed by atoms with van der Waals surface area (Å²) in [4.78, 5) is 19.4. The molecule has 0 amide bonds. The van der Waals surface area contributed by atoms with E-state index < -0.39 is 0 Å². The summed E-state index contributed by atoms with van der Waals surface area (Å²) in [6.07, 6.45) is 3.26. The molecule has 0 aliphatic heterocycles. The minimum Gasteiger partial charge on any atom is -0.437 e. The maximum Gasteiger partial charge on any atom is 0.250 e. The van der Waals surface area contributed by atoms with Gasteiger partial charge in [0, 0.05) is 17.6 Å². The molecule has 7 nitrogen and oxygen atoms in total. The van der Waals surface area contributed by atoms with Crippen molar-refractivity contribution in [3.63, 3.8) is 0 Å². The first kappa shape index (κ1) is 11.6. The molecule has 0 spiro atoms. The number of anilines is 1. The molecule has 4 rings (SSSR count). The lowest BCUT2D eigenvalue weighted by molar-refractivity contribution is 0.469. The number of aromatic amines is 1. The van der Waals surface area contributed by atoms with Crippen molar-refractivity contribution in [2.45, 2.75) is 0 Å². The number of nitrogen functional groups attached to an aromatic ring is 1. The Balaban J connectivity index is 1.80. The summed E-state index contributed by atoms with van der Waals surface area (Å²) in [5.41, 5.74) is 7.58. The Morgan fingerprint density at radius 3 is 3.00 bits per heavy atom. The number of nitrogens with zero attached hydrogens (tertiary/aromatic N) is 4. The van der Waals surface area contributed by atoms with Gasteiger partial charge in [0.15, 0.2) is 5.65 Å². The first-order chi connectivity index (χ1) is 10.3. The molecule has 0 saturated carbocycles. The third kappa shape index (κ3) is 2.00. The van der Waals surface area contributed by atoms with Gasteiger partial charge in [-0.1, -0.05) is 6.07 Å². The van der Waals surface area contributed by atoms with Crippen molar-refractivity contribution in [1.82, 2.24) is 24.9 Å². The smallest absolute Gasteiger partial charge is 0.250 e. The number of pyridine rings is 1. The lowest BCUT2D eigenvalue weighted by Crippen LogP contribution is -1.98. The summed E-state index contributed by atoms with van der Waals surface area (Å²) < 4.78 is 5.80. The van der Waals surface area contributed by atoms with E-state index in [0.717, 1.165) is 10.9 Å². The fraction of sp³-hybridized carbons (Fsp3) is 0. The van der Waals surface area contributed by atoms with E-state index in [2.05, 4.69) is 24.9 Å². The molecule has 102 valence electrons. The van der Waals surface area contributed by atoms with E-state index in [4.69, 9.17) is 10.5 Å². The van der Waals surface area contributed by atoms with Crippen LogP contribution < -0.4 is 10.5 Å². The normalized spacial score (nSPS) is 11.0. The van der Waals surface area contributed by atoms with Crippen LogP contribution in [0.2, 0.25) is 0 Å². The summed E-state index contributed by atoms with van der Waals surface area (Å²) in [5, 5.41) is 1.04. The highest BCUT2D eigenvalue weighted by molar-refractivity contribution is 5.80. The van der Waals surface area contributed by atoms with Crippen molar-refractivity contribution in [2.75, 3.05) is 5.73 Å². The molecular weight excluding hydrogens is 268 g/mol. The molecule has 0 fully saturated rings. The van der Waals surface area contributed by atoms with Gasteiger partial charge in [-0.2, -0.15) is 9.97 Å². The van der Waals surface area contributed by atoms with Gasteiger partial charge < -0.3 is 15.5 Å². The molecule has 4 aromatic rings. The molecular formula is C14H10N6O. The first-order valence-electron chi connectivity index (χ1n) is 6.29. The molecule has 3 heterocycles. The molecule has 0 aliphatic rings. The number of benzene rings is 1. The minimum atomic E-state index is 0.114. The monoisotopic (exact) mass is 278 g/mol. The van der Waals surface area contributed by atoms with Crippen molar-refractivity contribution < 1.29 is 4.74 Å². The van der Waals surface area contributed by atoms with E-state index in [0.29, 0.717) is 22.8 Å². The molecule has 0 saturated heterocycles. The Bertz CT molecular complexity index is 948. The fourth-order valence-electron chi connectivity index (χ4n) is 2.12. The average molecular weight is 278 g/mol. The van der Waals surface area contributed by atoms with Crippen LogP contribution in [0.5, 0.6) is 11.6 Å². The number of rotatable bonds is 2. The van der Waals surface area contributed by atoms with Crippen LogP contribution in [0.3, 0.4) is 0 Å². The second-order valence-corrected chi connectivity index (χ2v) is 4.45. The van der Waals surface area contributed by atoms with Crippen LogP contribution in [-0.4, -0.2) is 24.9 Å². The third-order valence-corrected chi connectivity index (χ3v) is 3.06. The van der Waals surface area contributed by atoms with Crippen molar-refractivity contribution in [2.24, 2.45) is 0 Å². The van der Waals surface area contributed by atoms with Crippen LogP contribution in [0, 0.1) is 0 Å². The second-order valence-electron chi connectivity index (χ2n) is 4.45. The van der Waals surface area contributed by atoms with E-state index in [9.17, 15) is 0 Å². The van der Waals surface area contributed by atoms with Crippen molar-refractivity contribution >= 4 is 28.0 Å². The van der Waals surface area contributed by atoms with Crippen LogP contribution in [0.1, 0.15) is 0 Å². The number of nitrogens with two attached hydrogens (primary N) is 1. The predicted octanol–water partition coefficient (Wildman–Crippen LogP) is 2.28. The molecule has 7 heteroatoms. The molecule has 0 radical (unpaired) electrons. The summed E-state index contributed by atoms with van der Waals surface area (Å²) in [5.74, 6) is 1.07. The van der Waals surface area contributed by atoms with Crippen LogP contribution in [0.4, 0.5) is 5.95 Å². The highest BCUT2D eigenvalue weighted by atomic mass is 16.5. The maximum atomic E-state index is 5.80. The van der Waals surface area contributed by atoms with Crippen molar-refractivity contribution in [3.05, 3.63) is 42.9 Å². The highest BCUT2D eigenvalue weighted by Crippen LogP contribution is 2.27. The Morgan fingerprint density at radius 1 is 1.10 bits per heavy atom. The fourth-order valence-corrected chi connectivity index (χ4v) is 2.12. The summed E-state index contributed by atoms with van der Waals surface area (Å²) >= 11 is 0. The second kappa shape index (κ2) is 4.41. The van der Waals surface area contributed by atoms with Crippen LogP contribution in [-0.2, 0) is 0 Å². The van der Waals surface area contributed by atoms with Crippen LogP contribution in [0.15, 0.2) is 42.9 Å². The Morgan fingerprint density at radius 2 is 2.05 bits per heavy atom. The molecule has 21 heavy (non-hydrogen) atoms. The molecule has 3 N–H and O–H groups in total. The van der Waals surface area contributed by atoms with Gasteiger partial charge in [-0.3, -0.25) is 4.98 Å². The Kier molecular flexibility index (Phi) is 2.43. The third-order valence-electron chi connectivity index (χ3n) is 3.06. The Hall–Kier alpha value is -3.22. The number of aromatic nitrogens is 5. The summed E-state index contributed by atoms with van der Waals surface area (Å²) in [7, 11) is 0. The maximum absolute atomic E-state index is 5.80. The molecule has 0 unspecified atom stereocenters. The topological polar surface area (TPSA) is 103 Å². The molecule has 1 aromatic carbocycles. The van der Waals surface area contributed by atoms with E-state index in [1.54, 1.807) is 6.20 Å². The van der Waals surface area contributed by atoms with Crippen LogP contribution in [0.25, 0.3) is 22.1 Å².